The number of β-lactam (4-membered cyclic amide) rings is 1. The second-order valence-electron chi connectivity index (χ2n) is 17.9. The molecule has 3 aromatic carbocycles. The maximum atomic E-state index is 14.0. The van der Waals surface area contributed by atoms with Crippen molar-refractivity contribution in [1.29, 1.82) is 0 Å². The van der Waals surface area contributed by atoms with E-state index >= 15 is 0 Å². The van der Waals surface area contributed by atoms with Gasteiger partial charge >= 0.3 is 5.97 Å². The zero-order chi connectivity index (χ0) is 44.1. The fraction of sp³-hybridized carbons (Fsp3) is 0.447. The number of carbonyl (C=O) groups excluding carboxylic acids is 4. The number of piperazine rings is 3. The predicted molar refractivity (Wildman–Crippen MR) is 234 cm³/mol. The summed E-state index contributed by atoms with van der Waals surface area (Å²) in [5.74, 6) is -1.19. The van der Waals surface area contributed by atoms with Crippen molar-refractivity contribution in [3.63, 3.8) is 0 Å². The number of nitro benzene ring substituents is 1. The number of nitrogens with zero attached hydrogens (tertiary/aromatic N) is 4. The predicted octanol–water partition coefficient (Wildman–Crippen LogP) is 6.13. The lowest BCUT2D eigenvalue weighted by Gasteiger charge is -2.55. The van der Waals surface area contributed by atoms with Gasteiger partial charge in [-0.05, 0) is 66.5 Å². The van der Waals surface area contributed by atoms with E-state index in [1.165, 1.54) is 29.2 Å². The van der Waals surface area contributed by atoms with E-state index in [9.17, 15) is 29.3 Å². The van der Waals surface area contributed by atoms with Gasteiger partial charge in [-0.3, -0.25) is 24.5 Å². The number of esters is 1. The van der Waals surface area contributed by atoms with Crippen LogP contribution in [-0.4, -0.2) is 115 Å². The molecule has 2 amide bonds. The average Bonchev–Trinajstić information content (AvgIpc) is 3.69. The molecule has 0 spiro atoms. The molecule has 2 N–H and O–H groups in total. The Morgan fingerprint density at radius 3 is 2.23 bits per heavy atom. The highest BCUT2D eigenvalue weighted by atomic mass is 28.4. The number of rotatable bonds is 17. The standard InChI is InChI=1S/C47H56N5O9Si/c1-6-62(7-2,8-3)61-31(5)41-43-30(4)35(44(49(43)46(41)55)47(56)60-34-17-15-33(16-18-34)50(57)58)12-10-26-59-39-13-9-11-37-42(39)36-19-14-32(27-38(36)45(37)54)28-51-20-23-52(24-21-51,25-22-51)29-40(48)53/h9-19,27,30-31,41,43H,6-8,20-26,28-29H2,1-5H3,(H-,48,53)/q+1/p+1/b12-10+/t30-,31+,41+,43+,51?,52?/m0/s1. The number of nitro groups is 1. The molecular formula is C47H57N5O9Si+2. The zero-order valence-electron chi connectivity index (χ0n) is 36.3. The van der Waals surface area contributed by atoms with Crippen LogP contribution in [0.2, 0.25) is 18.1 Å². The Kier molecular flexibility index (Phi) is 11.6. The van der Waals surface area contributed by atoms with Crippen LogP contribution in [0.15, 0.2) is 84.1 Å². The molecule has 326 valence electrons. The third kappa shape index (κ3) is 7.58. The van der Waals surface area contributed by atoms with Crippen molar-refractivity contribution < 1.29 is 47.0 Å². The molecule has 14 nitrogen and oxygen atoms in total. The van der Waals surface area contributed by atoms with Crippen LogP contribution in [0.1, 0.15) is 56.1 Å². The van der Waals surface area contributed by atoms with Crippen molar-refractivity contribution in [2.24, 2.45) is 17.6 Å². The van der Waals surface area contributed by atoms with Crippen molar-refractivity contribution in [3.8, 4) is 22.6 Å². The summed E-state index contributed by atoms with van der Waals surface area (Å²) in [4.78, 5) is 65.8. The second-order valence-corrected chi connectivity index (χ2v) is 22.7. The minimum atomic E-state index is -2.04. The molecule has 1 aliphatic carbocycles. The lowest BCUT2D eigenvalue weighted by atomic mass is 9.77. The zero-order valence-corrected chi connectivity index (χ0v) is 37.3. The number of primary amides is 1. The van der Waals surface area contributed by atoms with Gasteiger partial charge in [0.1, 0.15) is 69.6 Å². The highest BCUT2D eigenvalue weighted by Crippen LogP contribution is 2.49. The molecule has 3 aromatic rings. The fourth-order valence-corrected chi connectivity index (χ4v) is 13.8. The van der Waals surface area contributed by atoms with Gasteiger partial charge in [-0.1, -0.05) is 58.0 Å². The van der Waals surface area contributed by atoms with Crippen LogP contribution in [0.25, 0.3) is 11.1 Å². The normalized spacial score (nSPS) is 25.4. The van der Waals surface area contributed by atoms with E-state index in [4.69, 9.17) is 19.6 Å². The molecule has 62 heavy (non-hydrogen) atoms. The van der Waals surface area contributed by atoms with Gasteiger partial charge in [-0.15, -0.1) is 0 Å². The Labute approximate surface area is 363 Å². The topological polar surface area (TPSA) is 168 Å². The van der Waals surface area contributed by atoms with E-state index in [1.54, 1.807) is 0 Å². The Morgan fingerprint density at radius 2 is 1.60 bits per heavy atom. The van der Waals surface area contributed by atoms with Crippen LogP contribution in [-0.2, 0) is 25.4 Å². The second kappa shape index (κ2) is 16.7. The third-order valence-electron chi connectivity index (χ3n) is 14.7. The molecular weight excluding hydrogens is 807 g/mol. The number of amides is 2. The van der Waals surface area contributed by atoms with Crippen molar-refractivity contribution in [2.75, 3.05) is 52.4 Å². The molecule has 4 atom stereocenters. The first-order valence-corrected chi connectivity index (χ1v) is 24.5. The van der Waals surface area contributed by atoms with Crippen LogP contribution in [0.5, 0.6) is 11.5 Å². The minimum absolute atomic E-state index is 0.0351. The number of hydrogen-bond acceptors (Lipinski definition) is 9. The molecule has 2 bridgehead atoms. The average molecular weight is 864 g/mol. The number of hydrogen-bond donors (Lipinski definition) is 1. The van der Waals surface area contributed by atoms with Crippen LogP contribution in [0, 0.1) is 22.0 Å². The maximum absolute atomic E-state index is 14.0. The molecule has 0 saturated carbocycles. The Hall–Kier alpha value is -5.48. The molecule has 15 heteroatoms. The summed E-state index contributed by atoms with van der Waals surface area (Å²) in [6.45, 7) is 17.5. The van der Waals surface area contributed by atoms with Crippen LogP contribution >= 0.6 is 0 Å². The van der Waals surface area contributed by atoms with Gasteiger partial charge in [0.15, 0.2) is 20.6 Å². The summed E-state index contributed by atoms with van der Waals surface area (Å²) in [6, 6.07) is 19.5. The van der Waals surface area contributed by atoms with Gasteiger partial charge in [0.05, 0.1) is 23.0 Å². The smallest absolute Gasteiger partial charge is 0.360 e. The van der Waals surface area contributed by atoms with E-state index < -0.39 is 25.1 Å². The van der Waals surface area contributed by atoms with Crippen LogP contribution in [0.3, 0.4) is 0 Å². The van der Waals surface area contributed by atoms with Crippen LogP contribution in [0.4, 0.5) is 5.69 Å². The molecule has 4 saturated heterocycles. The van der Waals surface area contributed by atoms with Crippen molar-refractivity contribution in [2.45, 2.75) is 71.4 Å². The van der Waals surface area contributed by atoms with Gasteiger partial charge in [0.2, 0.25) is 5.91 Å². The number of ketones is 1. The number of carbonyl (C=O) groups is 4. The Balaban J connectivity index is 1.01. The van der Waals surface area contributed by atoms with Crippen molar-refractivity contribution >= 4 is 37.6 Å². The van der Waals surface area contributed by atoms with E-state index in [-0.39, 0.29) is 59.4 Å². The van der Waals surface area contributed by atoms with Crippen molar-refractivity contribution in [1.82, 2.24) is 4.90 Å². The minimum Gasteiger partial charge on any atom is -0.489 e. The van der Waals surface area contributed by atoms with Gasteiger partial charge in [-0.25, -0.2) is 4.79 Å². The fourth-order valence-electron chi connectivity index (χ4n) is 10.9. The number of non-ortho nitro benzene ring substituents is 1. The molecule has 5 heterocycles. The van der Waals surface area contributed by atoms with E-state index in [2.05, 4.69) is 26.8 Å². The number of benzene rings is 3. The number of quaternary nitrogens is 2. The lowest BCUT2D eigenvalue weighted by molar-refractivity contribution is -1.08. The monoisotopic (exact) mass is 863 g/mol. The highest BCUT2D eigenvalue weighted by molar-refractivity contribution is 6.73. The number of nitrogens with two attached hydrogens (primary N) is 1. The van der Waals surface area contributed by atoms with Gasteiger partial charge in [0, 0.05) is 40.3 Å². The van der Waals surface area contributed by atoms with E-state index in [0.717, 1.165) is 89.6 Å². The molecule has 5 aliphatic heterocycles. The number of allylic oxidation sites excluding steroid dienone is 1. The summed E-state index contributed by atoms with van der Waals surface area (Å²) < 4.78 is 20.6. The van der Waals surface area contributed by atoms with Gasteiger partial charge in [0.25, 0.3) is 11.6 Å². The summed E-state index contributed by atoms with van der Waals surface area (Å²) in [5.41, 5.74) is 10.1. The molecule has 6 aliphatic rings. The van der Waals surface area contributed by atoms with Gasteiger partial charge in [-0.2, -0.15) is 0 Å². The summed E-state index contributed by atoms with van der Waals surface area (Å²) in [6.07, 6.45) is 3.29. The Bertz CT molecular complexity index is 2360. The molecule has 9 rings (SSSR count). The van der Waals surface area contributed by atoms with E-state index in [1.807, 2.05) is 56.3 Å². The number of fused-ring (bicyclic) bond motifs is 7. The first-order valence-electron chi connectivity index (χ1n) is 22.0. The summed E-state index contributed by atoms with van der Waals surface area (Å²) in [5, 5.41) is 11.2. The summed E-state index contributed by atoms with van der Waals surface area (Å²) in [7, 11) is -2.04. The third-order valence-corrected chi connectivity index (χ3v) is 19.4. The first kappa shape index (κ1) is 43.2. The van der Waals surface area contributed by atoms with Crippen molar-refractivity contribution in [3.05, 3.63) is 111 Å². The first-order chi connectivity index (χ1) is 29.7. The molecule has 4 fully saturated rings. The lowest BCUT2D eigenvalue weighted by Crippen LogP contribution is -2.75. The quantitative estimate of drug-likeness (QED) is 0.0250. The number of ether oxygens (including phenoxy) is 2. The Morgan fingerprint density at radius 1 is 0.935 bits per heavy atom. The summed E-state index contributed by atoms with van der Waals surface area (Å²) >= 11 is 0. The maximum Gasteiger partial charge on any atom is 0.360 e. The molecule has 0 radical (unpaired) electrons. The highest BCUT2D eigenvalue weighted by Gasteiger charge is 2.60. The SMILES string of the molecule is CC[Si](CC)(CC)O[C@H](C)[C@H]1C(=O)N2C(C(=O)Oc3ccc([N+](=O)[O-])cc3)=C(/C=C/COc3cccc4c3-c3ccc(C[N+]56CC[N+](CC(N)=O)(CC5)CC6)cc3C4=O)[C@H](C)[C@H]12. The van der Waals surface area contributed by atoms with Gasteiger partial charge < -0.3 is 33.5 Å². The molecule has 0 unspecified atom stereocenters. The largest absolute Gasteiger partial charge is 0.489 e. The molecule has 0 aromatic heterocycles. The van der Waals surface area contributed by atoms with E-state index in [0.29, 0.717) is 29.0 Å². The van der Waals surface area contributed by atoms with Crippen LogP contribution < -0.4 is 15.2 Å².